The number of hydrogen-bond acceptors (Lipinski definition) is 5. The highest BCUT2D eigenvalue weighted by molar-refractivity contribution is 7.99. The molecular formula is C10H14N4OS. The summed E-state index contributed by atoms with van der Waals surface area (Å²) in [5.41, 5.74) is 0.869. The molecule has 5 nitrogen and oxygen atoms in total. The molecule has 0 radical (unpaired) electrons. The Morgan fingerprint density at radius 2 is 2.25 bits per heavy atom. The molecule has 6 heteroatoms. The fourth-order valence-electron chi connectivity index (χ4n) is 1.34. The molecule has 0 unspecified atom stereocenters. The van der Waals surface area contributed by atoms with Crippen LogP contribution in [0.2, 0.25) is 0 Å². The van der Waals surface area contributed by atoms with Gasteiger partial charge in [0.05, 0.1) is 6.61 Å². The van der Waals surface area contributed by atoms with Crippen LogP contribution < -0.4 is 5.32 Å². The summed E-state index contributed by atoms with van der Waals surface area (Å²) in [7, 11) is 0. The Bertz CT molecular complexity index is 445. The van der Waals surface area contributed by atoms with Gasteiger partial charge in [-0.3, -0.25) is 4.40 Å². The lowest BCUT2D eigenvalue weighted by atomic mass is 10.5. The Hall–Kier alpha value is -1.11. The first kappa shape index (κ1) is 11.4. The van der Waals surface area contributed by atoms with Gasteiger partial charge in [-0.05, 0) is 12.1 Å². The predicted octanol–water partition coefficient (Wildman–Crippen LogP) is 0.403. The number of nitrogens with one attached hydrogen (secondary N) is 1. The Morgan fingerprint density at radius 3 is 3.12 bits per heavy atom. The first-order valence-electron chi connectivity index (χ1n) is 5.16. The molecule has 0 fully saturated rings. The van der Waals surface area contributed by atoms with Gasteiger partial charge < -0.3 is 10.4 Å². The zero-order valence-corrected chi connectivity index (χ0v) is 9.65. The van der Waals surface area contributed by atoms with Crippen molar-refractivity contribution in [2.24, 2.45) is 0 Å². The van der Waals surface area contributed by atoms with Gasteiger partial charge in [0.2, 0.25) is 0 Å². The summed E-state index contributed by atoms with van der Waals surface area (Å²) in [6.45, 7) is 1.67. The molecule has 2 aromatic rings. The van der Waals surface area contributed by atoms with Gasteiger partial charge in [0.25, 0.3) is 0 Å². The van der Waals surface area contributed by atoms with Crippen molar-refractivity contribution in [2.75, 3.05) is 25.4 Å². The van der Waals surface area contributed by atoms with E-state index in [1.807, 2.05) is 28.8 Å². The van der Waals surface area contributed by atoms with Crippen LogP contribution in [0.15, 0.2) is 29.6 Å². The topological polar surface area (TPSA) is 62.5 Å². The number of fused-ring (bicyclic) bond motifs is 1. The number of rotatable bonds is 6. The Kier molecular flexibility index (Phi) is 4.15. The smallest absolute Gasteiger partial charge is 0.195 e. The molecule has 0 atom stereocenters. The van der Waals surface area contributed by atoms with Gasteiger partial charge in [-0.2, -0.15) is 0 Å². The molecule has 0 amide bonds. The fourth-order valence-corrected chi connectivity index (χ4v) is 2.16. The van der Waals surface area contributed by atoms with Crippen molar-refractivity contribution in [1.82, 2.24) is 19.9 Å². The van der Waals surface area contributed by atoms with Gasteiger partial charge in [0, 0.05) is 25.0 Å². The highest BCUT2D eigenvalue weighted by Crippen LogP contribution is 2.15. The van der Waals surface area contributed by atoms with Crippen LogP contribution in [-0.2, 0) is 0 Å². The highest BCUT2D eigenvalue weighted by atomic mass is 32.2. The first-order chi connectivity index (χ1) is 7.92. The summed E-state index contributed by atoms with van der Waals surface area (Å²) in [5, 5.41) is 20.8. The van der Waals surface area contributed by atoms with Crippen LogP contribution in [0.25, 0.3) is 5.65 Å². The van der Waals surface area contributed by atoms with E-state index in [1.54, 1.807) is 11.8 Å². The second-order valence-electron chi connectivity index (χ2n) is 3.23. The number of pyridine rings is 1. The molecule has 0 saturated heterocycles. The second kappa shape index (κ2) is 5.83. The summed E-state index contributed by atoms with van der Waals surface area (Å²) >= 11 is 1.65. The number of aromatic nitrogens is 3. The summed E-state index contributed by atoms with van der Waals surface area (Å²) < 4.78 is 1.97. The van der Waals surface area contributed by atoms with Gasteiger partial charge in [-0.25, -0.2) is 0 Å². The summed E-state index contributed by atoms with van der Waals surface area (Å²) in [6.07, 6.45) is 1.96. The van der Waals surface area contributed by atoms with Crippen molar-refractivity contribution in [1.29, 1.82) is 0 Å². The SMILES string of the molecule is OCCNCCSc1nnc2ccccn12. The quantitative estimate of drug-likeness (QED) is 0.563. The lowest BCUT2D eigenvalue weighted by Gasteiger charge is -2.01. The molecule has 0 aliphatic rings. The van der Waals surface area contributed by atoms with Crippen LogP contribution >= 0.6 is 11.8 Å². The standard InChI is InChI=1S/C10H14N4OS/c15-7-4-11-5-8-16-10-13-12-9-3-1-2-6-14(9)10/h1-3,6,11,15H,4-5,7-8H2. The van der Waals surface area contributed by atoms with E-state index in [0.717, 1.165) is 23.1 Å². The van der Waals surface area contributed by atoms with E-state index < -0.39 is 0 Å². The van der Waals surface area contributed by atoms with Crippen molar-refractivity contribution in [3.63, 3.8) is 0 Å². The summed E-state index contributed by atoms with van der Waals surface area (Å²) in [4.78, 5) is 0. The average molecular weight is 238 g/mol. The Morgan fingerprint density at radius 1 is 1.31 bits per heavy atom. The Labute approximate surface area is 97.9 Å². The number of thioether (sulfide) groups is 1. The number of aliphatic hydroxyl groups is 1. The van der Waals surface area contributed by atoms with Crippen LogP contribution in [0.5, 0.6) is 0 Å². The lowest BCUT2D eigenvalue weighted by molar-refractivity contribution is 0.294. The van der Waals surface area contributed by atoms with Gasteiger partial charge >= 0.3 is 0 Å². The van der Waals surface area contributed by atoms with Crippen LogP contribution in [0, 0.1) is 0 Å². The predicted molar refractivity (Wildman–Crippen MR) is 63.7 cm³/mol. The van der Waals surface area contributed by atoms with E-state index in [-0.39, 0.29) is 6.61 Å². The lowest BCUT2D eigenvalue weighted by Crippen LogP contribution is -2.20. The van der Waals surface area contributed by atoms with Crippen LogP contribution in [0.4, 0.5) is 0 Å². The third-order valence-electron chi connectivity index (χ3n) is 2.08. The fraction of sp³-hybridized carbons (Fsp3) is 0.400. The van der Waals surface area contributed by atoms with Gasteiger partial charge in [0.1, 0.15) is 0 Å². The molecule has 0 aliphatic carbocycles. The van der Waals surface area contributed by atoms with Crippen molar-refractivity contribution >= 4 is 17.4 Å². The highest BCUT2D eigenvalue weighted by Gasteiger charge is 2.03. The molecule has 2 rings (SSSR count). The molecule has 0 spiro atoms. The van der Waals surface area contributed by atoms with Gasteiger partial charge in [-0.1, -0.05) is 17.8 Å². The third-order valence-corrected chi connectivity index (χ3v) is 3.03. The monoisotopic (exact) mass is 238 g/mol. The molecule has 0 aliphatic heterocycles. The van der Waals surface area contributed by atoms with Gasteiger partial charge in [-0.15, -0.1) is 10.2 Å². The minimum absolute atomic E-state index is 0.179. The van der Waals surface area contributed by atoms with Crippen molar-refractivity contribution < 1.29 is 5.11 Å². The maximum atomic E-state index is 8.60. The summed E-state index contributed by atoms with van der Waals surface area (Å²) in [5.74, 6) is 0.912. The molecule has 0 bridgehead atoms. The molecule has 2 aromatic heterocycles. The minimum Gasteiger partial charge on any atom is -0.395 e. The van der Waals surface area contributed by atoms with Crippen molar-refractivity contribution in [2.45, 2.75) is 5.16 Å². The molecular weight excluding hydrogens is 224 g/mol. The zero-order chi connectivity index (χ0) is 11.2. The van der Waals surface area contributed by atoms with E-state index in [1.165, 1.54) is 0 Å². The van der Waals surface area contributed by atoms with Crippen molar-refractivity contribution in [3.8, 4) is 0 Å². The second-order valence-corrected chi connectivity index (χ2v) is 4.30. The van der Waals surface area contributed by atoms with E-state index in [2.05, 4.69) is 15.5 Å². The molecule has 0 aromatic carbocycles. The molecule has 16 heavy (non-hydrogen) atoms. The Balaban J connectivity index is 1.89. The van der Waals surface area contributed by atoms with Crippen molar-refractivity contribution in [3.05, 3.63) is 24.4 Å². The molecule has 0 saturated carbocycles. The zero-order valence-electron chi connectivity index (χ0n) is 8.83. The number of aliphatic hydroxyl groups excluding tert-OH is 1. The maximum Gasteiger partial charge on any atom is 0.195 e. The van der Waals surface area contributed by atoms with E-state index in [0.29, 0.717) is 6.54 Å². The van der Waals surface area contributed by atoms with E-state index >= 15 is 0 Å². The third kappa shape index (κ3) is 2.72. The number of hydrogen-bond donors (Lipinski definition) is 2. The molecule has 2 heterocycles. The van der Waals surface area contributed by atoms with Gasteiger partial charge in [0.15, 0.2) is 10.8 Å². The normalized spacial score (nSPS) is 11.1. The van der Waals surface area contributed by atoms with Crippen LogP contribution in [0.3, 0.4) is 0 Å². The van der Waals surface area contributed by atoms with Crippen LogP contribution in [0.1, 0.15) is 0 Å². The number of nitrogens with zero attached hydrogens (tertiary/aromatic N) is 3. The minimum atomic E-state index is 0.179. The van der Waals surface area contributed by atoms with E-state index in [9.17, 15) is 0 Å². The molecule has 86 valence electrons. The first-order valence-corrected chi connectivity index (χ1v) is 6.14. The van der Waals surface area contributed by atoms with Crippen LogP contribution in [-0.4, -0.2) is 45.2 Å². The average Bonchev–Trinajstić information content (AvgIpc) is 2.73. The van der Waals surface area contributed by atoms with E-state index in [4.69, 9.17) is 5.11 Å². The summed E-state index contributed by atoms with van der Waals surface area (Å²) in [6, 6.07) is 5.84. The maximum absolute atomic E-state index is 8.60. The molecule has 2 N–H and O–H groups in total. The largest absolute Gasteiger partial charge is 0.395 e.